The number of anilines is 1. The third-order valence-electron chi connectivity index (χ3n) is 1.72. The number of nitrogens with zero attached hydrogens (tertiary/aromatic N) is 3. The average molecular weight is 190 g/mol. The van der Waals surface area contributed by atoms with Gasteiger partial charge in [-0.2, -0.15) is 0 Å². The Labute approximate surface area is 79.7 Å². The normalized spacial score (nSPS) is 10.1. The lowest BCUT2D eigenvalue weighted by Gasteiger charge is -2.01. The van der Waals surface area contributed by atoms with E-state index in [9.17, 15) is 4.39 Å². The fourth-order valence-corrected chi connectivity index (χ4v) is 1.09. The van der Waals surface area contributed by atoms with Crippen molar-refractivity contribution in [2.75, 3.05) is 5.73 Å². The van der Waals surface area contributed by atoms with Gasteiger partial charge in [-0.05, 0) is 12.1 Å². The maximum absolute atomic E-state index is 13.3. The van der Waals surface area contributed by atoms with E-state index >= 15 is 0 Å². The molecule has 0 spiro atoms. The summed E-state index contributed by atoms with van der Waals surface area (Å²) in [5.41, 5.74) is 6.19. The van der Waals surface area contributed by atoms with E-state index in [2.05, 4.69) is 15.0 Å². The topological polar surface area (TPSA) is 64.7 Å². The standard InChI is InChI=1S/C9H7FN4/c10-7-5-13-9(11)14-8(7)6-1-3-12-4-2-6/h1-5H,(H2,11,13,14). The largest absolute Gasteiger partial charge is 0.368 e. The number of pyridine rings is 1. The first kappa shape index (κ1) is 8.55. The van der Waals surface area contributed by atoms with Crippen LogP contribution in [0.4, 0.5) is 10.3 Å². The van der Waals surface area contributed by atoms with Crippen LogP contribution in [0.15, 0.2) is 30.7 Å². The minimum Gasteiger partial charge on any atom is -0.368 e. The van der Waals surface area contributed by atoms with Gasteiger partial charge in [-0.1, -0.05) is 0 Å². The minimum absolute atomic E-state index is 0.0539. The van der Waals surface area contributed by atoms with E-state index in [4.69, 9.17) is 5.73 Å². The maximum Gasteiger partial charge on any atom is 0.220 e. The van der Waals surface area contributed by atoms with E-state index in [1.807, 2.05) is 0 Å². The van der Waals surface area contributed by atoms with Gasteiger partial charge in [0, 0.05) is 18.0 Å². The van der Waals surface area contributed by atoms with Gasteiger partial charge in [0.25, 0.3) is 0 Å². The van der Waals surface area contributed by atoms with Crippen molar-refractivity contribution in [3.8, 4) is 11.3 Å². The highest BCUT2D eigenvalue weighted by Crippen LogP contribution is 2.18. The van der Waals surface area contributed by atoms with Crippen molar-refractivity contribution in [2.24, 2.45) is 0 Å². The zero-order valence-electron chi connectivity index (χ0n) is 7.18. The molecule has 0 aliphatic heterocycles. The Morgan fingerprint density at radius 1 is 1.21 bits per heavy atom. The van der Waals surface area contributed by atoms with Gasteiger partial charge in [0.1, 0.15) is 5.69 Å². The molecule has 14 heavy (non-hydrogen) atoms. The van der Waals surface area contributed by atoms with E-state index in [0.717, 1.165) is 6.20 Å². The van der Waals surface area contributed by atoms with Crippen molar-refractivity contribution in [1.82, 2.24) is 15.0 Å². The predicted octanol–water partition coefficient (Wildman–Crippen LogP) is 1.26. The molecular formula is C9H7FN4. The Kier molecular flexibility index (Phi) is 2.06. The summed E-state index contributed by atoms with van der Waals surface area (Å²) in [7, 11) is 0. The monoisotopic (exact) mass is 190 g/mol. The van der Waals surface area contributed by atoms with E-state index in [1.165, 1.54) is 0 Å². The van der Waals surface area contributed by atoms with Crippen LogP contribution in [0.2, 0.25) is 0 Å². The molecule has 0 aliphatic carbocycles. The molecule has 5 heteroatoms. The van der Waals surface area contributed by atoms with Gasteiger partial charge >= 0.3 is 0 Å². The van der Waals surface area contributed by atoms with Crippen molar-refractivity contribution in [1.29, 1.82) is 0 Å². The van der Waals surface area contributed by atoms with Gasteiger partial charge in [-0.3, -0.25) is 4.98 Å². The number of hydrogen-bond acceptors (Lipinski definition) is 4. The Balaban J connectivity index is 2.57. The molecule has 0 radical (unpaired) electrons. The number of nitrogens with two attached hydrogens (primary N) is 1. The summed E-state index contributed by atoms with van der Waals surface area (Å²) >= 11 is 0. The highest BCUT2D eigenvalue weighted by molar-refractivity contribution is 5.59. The zero-order chi connectivity index (χ0) is 9.97. The highest BCUT2D eigenvalue weighted by atomic mass is 19.1. The van der Waals surface area contributed by atoms with Crippen LogP contribution in [0.1, 0.15) is 0 Å². The van der Waals surface area contributed by atoms with Crippen molar-refractivity contribution in [3.63, 3.8) is 0 Å². The molecule has 0 bridgehead atoms. The van der Waals surface area contributed by atoms with Crippen LogP contribution in [0.25, 0.3) is 11.3 Å². The van der Waals surface area contributed by atoms with Crippen LogP contribution in [0, 0.1) is 5.82 Å². The van der Waals surface area contributed by atoms with E-state index in [1.54, 1.807) is 24.5 Å². The smallest absolute Gasteiger partial charge is 0.220 e. The molecule has 70 valence electrons. The molecule has 0 aliphatic rings. The molecular weight excluding hydrogens is 183 g/mol. The molecule has 0 saturated heterocycles. The van der Waals surface area contributed by atoms with Crippen LogP contribution in [-0.4, -0.2) is 15.0 Å². The predicted molar refractivity (Wildman–Crippen MR) is 49.6 cm³/mol. The fourth-order valence-electron chi connectivity index (χ4n) is 1.09. The number of nitrogen functional groups attached to an aromatic ring is 1. The summed E-state index contributed by atoms with van der Waals surface area (Å²) in [4.78, 5) is 11.2. The Morgan fingerprint density at radius 3 is 2.64 bits per heavy atom. The fraction of sp³-hybridized carbons (Fsp3) is 0. The van der Waals surface area contributed by atoms with Crippen LogP contribution < -0.4 is 5.73 Å². The van der Waals surface area contributed by atoms with Crippen LogP contribution in [0.3, 0.4) is 0 Å². The summed E-state index contributed by atoms with van der Waals surface area (Å²) in [5, 5.41) is 0. The number of hydrogen-bond donors (Lipinski definition) is 1. The van der Waals surface area contributed by atoms with Crippen molar-refractivity contribution >= 4 is 5.95 Å². The molecule has 0 saturated carbocycles. The second-order valence-corrected chi connectivity index (χ2v) is 2.66. The third kappa shape index (κ3) is 1.52. The van der Waals surface area contributed by atoms with Gasteiger partial charge in [-0.15, -0.1) is 0 Å². The Bertz CT molecular complexity index is 444. The lowest BCUT2D eigenvalue weighted by atomic mass is 10.2. The molecule has 2 aromatic heterocycles. The highest BCUT2D eigenvalue weighted by Gasteiger charge is 2.07. The summed E-state index contributed by atoms with van der Waals surface area (Å²) in [6.45, 7) is 0. The Morgan fingerprint density at radius 2 is 1.93 bits per heavy atom. The quantitative estimate of drug-likeness (QED) is 0.735. The van der Waals surface area contributed by atoms with Gasteiger partial charge in [0.05, 0.1) is 6.20 Å². The number of halogens is 1. The minimum atomic E-state index is -0.495. The average Bonchev–Trinajstić information content (AvgIpc) is 2.23. The first-order valence-electron chi connectivity index (χ1n) is 3.96. The second kappa shape index (κ2) is 3.37. The second-order valence-electron chi connectivity index (χ2n) is 2.66. The van der Waals surface area contributed by atoms with Crippen LogP contribution in [0.5, 0.6) is 0 Å². The van der Waals surface area contributed by atoms with Crippen molar-refractivity contribution in [3.05, 3.63) is 36.5 Å². The van der Waals surface area contributed by atoms with Crippen LogP contribution >= 0.6 is 0 Å². The number of rotatable bonds is 1. The first-order valence-corrected chi connectivity index (χ1v) is 3.96. The maximum atomic E-state index is 13.3. The SMILES string of the molecule is Nc1ncc(F)c(-c2ccncc2)n1. The summed E-state index contributed by atoms with van der Waals surface area (Å²) < 4.78 is 13.3. The van der Waals surface area contributed by atoms with E-state index in [-0.39, 0.29) is 11.6 Å². The van der Waals surface area contributed by atoms with Crippen LogP contribution in [-0.2, 0) is 0 Å². The van der Waals surface area contributed by atoms with Gasteiger partial charge in [0.2, 0.25) is 5.95 Å². The molecule has 0 amide bonds. The molecule has 0 unspecified atom stereocenters. The summed E-state index contributed by atoms with van der Waals surface area (Å²) in [5.74, 6) is -0.441. The molecule has 0 atom stereocenters. The van der Waals surface area contributed by atoms with E-state index in [0.29, 0.717) is 5.56 Å². The van der Waals surface area contributed by atoms with Gasteiger partial charge in [-0.25, -0.2) is 14.4 Å². The third-order valence-corrected chi connectivity index (χ3v) is 1.72. The molecule has 0 fully saturated rings. The van der Waals surface area contributed by atoms with Gasteiger partial charge < -0.3 is 5.73 Å². The molecule has 2 rings (SSSR count). The van der Waals surface area contributed by atoms with Gasteiger partial charge in [0.15, 0.2) is 5.82 Å². The van der Waals surface area contributed by atoms with Crippen molar-refractivity contribution in [2.45, 2.75) is 0 Å². The molecule has 2 N–H and O–H groups in total. The molecule has 0 aromatic carbocycles. The Hall–Kier alpha value is -2.04. The van der Waals surface area contributed by atoms with Crippen molar-refractivity contribution < 1.29 is 4.39 Å². The van der Waals surface area contributed by atoms with E-state index < -0.39 is 5.82 Å². The molecule has 2 heterocycles. The molecule has 2 aromatic rings. The lowest BCUT2D eigenvalue weighted by Crippen LogP contribution is -1.98. The summed E-state index contributed by atoms with van der Waals surface area (Å²) in [6.07, 6.45) is 4.18. The lowest BCUT2D eigenvalue weighted by molar-refractivity contribution is 0.619. The zero-order valence-corrected chi connectivity index (χ0v) is 7.18. The summed E-state index contributed by atoms with van der Waals surface area (Å²) in [6, 6.07) is 3.32. The first-order chi connectivity index (χ1) is 6.77. The number of aromatic nitrogens is 3. The molecule has 4 nitrogen and oxygen atoms in total.